The van der Waals surface area contributed by atoms with Crippen LogP contribution in [0.1, 0.15) is 24.3 Å². The number of hydrogen-bond acceptors (Lipinski definition) is 3. The highest BCUT2D eigenvalue weighted by atomic mass is 19.1. The van der Waals surface area contributed by atoms with Crippen molar-refractivity contribution in [1.29, 1.82) is 0 Å². The summed E-state index contributed by atoms with van der Waals surface area (Å²) in [6, 6.07) is 9.99. The highest BCUT2D eigenvalue weighted by Gasteiger charge is 2.20. The van der Waals surface area contributed by atoms with E-state index in [1.54, 1.807) is 18.4 Å². The molecule has 0 spiro atoms. The Morgan fingerprint density at radius 2 is 1.96 bits per heavy atom. The molecule has 2 unspecified atom stereocenters. The lowest BCUT2D eigenvalue weighted by atomic mass is 10.0. The van der Waals surface area contributed by atoms with Gasteiger partial charge in [-0.3, -0.25) is 9.69 Å². The van der Waals surface area contributed by atoms with Crippen LogP contribution in [0, 0.1) is 11.7 Å². The van der Waals surface area contributed by atoms with E-state index in [1.165, 1.54) is 12.1 Å². The zero-order chi connectivity index (χ0) is 16.8. The van der Waals surface area contributed by atoms with E-state index in [0.29, 0.717) is 13.0 Å². The molecule has 23 heavy (non-hydrogen) atoms. The van der Waals surface area contributed by atoms with Crippen molar-refractivity contribution >= 4 is 5.91 Å². The lowest BCUT2D eigenvalue weighted by molar-refractivity contribution is -0.124. The van der Waals surface area contributed by atoms with Crippen LogP contribution in [-0.4, -0.2) is 31.4 Å². The number of nitrogens with one attached hydrogen (secondary N) is 1. The van der Waals surface area contributed by atoms with Crippen LogP contribution in [0.15, 0.2) is 47.1 Å². The Bertz CT molecular complexity index is 608. The normalized spacial score (nSPS) is 13.8. The number of amides is 1. The second kappa shape index (κ2) is 7.92. The van der Waals surface area contributed by atoms with Gasteiger partial charge in [-0.25, -0.2) is 4.39 Å². The second-order valence-corrected chi connectivity index (χ2v) is 5.97. The molecule has 1 aromatic carbocycles. The van der Waals surface area contributed by atoms with Crippen LogP contribution >= 0.6 is 0 Å². The monoisotopic (exact) mass is 318 g/mol. The van der Waals surface area contributed by atoms with E-state index in [1.807, 2.05) is 38.1 Å². The van der Waals surface area contributed by atoms with Gasteiger partial charge in [-0.15, -0.1) is 0 Å². The van der Waals surface area contributed by atoms with E-state index in [9.17, 15) is 9.18 Å². The van der Waals surface area contributed by atoms with Crippen molar-refractivity contribution < 1.29 is 13.6 Å². The third kappa shape index (κ3) is 4.93. The summed E-state index contributed by atoms with van der Waals surface area (Å²) in [6.07, 6.45) is 2.21. The Morgan fingerprint density at radius 1 is 1.26 bits per heavy atom. The molecule has 2 aromatic rings. The van der Waals surface area contributed by atoms with Gasteiger partial charge in [0.25, 0.3) is 0 Å². The Labute approximate surface area is 136 Å². The van der Waals surface area contributed by atoms with Crippen molar-refractivity contribution in [3.8, 4) is 0 Å². The minimum Gasteiger partial charge on any atom is -0.468 e. The number of likely N-dealkylation sites (N-methyl/N-ethyl adjacent to an activating group) is 1. The zero-order valence-corrected chi connectivity index (χ0v) is 13.8. The predicted molar refractivity (Wildman–Crippen MR) is 87.4 cm³/mol. The molecule has 0 aliphatic carbocycles. The van der Waals surface area contributed by atoms with Gasteiger partial charge in [-0.1, -0.05) is 19.1 Å². The lowest BCUT2D eigenvalue weighted by Crippen LogP contribution is -2.37. The molecule has 0 fully saturated rings. The molecule has 1 N–H and O–H groups in total. The van der Waals surface area contributed by atoms with Gasteiger partial charge in [-0.2, -0.15) is 0 Å². The van der Waals surface area contributed by atoms with E-state index in [2.05, 4.69) is 5.32 Å². The molecule has 0 bridgehead atoms. The summed E-state index contributed by atoms with van der Waals surface area (Å²) >= 11 is 0. The molecular weight excluding hydrogens is 295 g/mol. The van der Waals surface area contributed by atoms with E-state index in [-0.39, 0.29) is 23.7 Å². The first-order valence-electron chi connectivity index (χ1n) is 7.69. The zero-order valence-electron chi connectivity index (χ0n) is 13.8. The standard InChI is InChI=1S/C18H23FN2O2/c1-13(11-14-6-8-15(19)9-7-14)18(22)20-12-16(21(2)3)17-5-4-10-23-17/h4-10,13,16H,11-12H2,1-3H3,(H,20,22). The van der Waals surface area contributed by atoms with Crippen LogP contribution in [0.5, 0.6) is 0 Å². The van der Waals surface area contributed by atoms with Crippen molar-refractivity contribution in [2.75, 3.05) is 20.6 Å². The fourth-order valence-corrected chi connectivity index (χ4v) is 2.46. The number of nitrogens with zero attached hydrogens (tertiary/aromatic N) is 1. The third-order valence-corrected chi connectivity index (χ3v) is 3.87. The Morgan fingerprint density at radius 3 is 2.52 bits per heavy atom. The maximum atomic E-state index is 12.9. The molecule has 1 amide bonds. The van der Waals surface area contributed by atoms with Crippen LogP contribution < -0.4 is 5.32 Å². The van der Waals surface area contributed by atoms with Gasteiger partial charge in [0.1, 0.15) is 11.6 Å². The fourth-order valence-electron chi connectivity index (χ4n) is 2.46. The van der Waals surface area contributed by atoms with Gasteiger partial charge in [0.05, 0.1) is 12.3 Å². The topological polar surface area (TPSA) is 45.5 Å². The summed E-state index contributed by atoms with van der Waals surface area (Å²) in [6.45, 7) is 2.35. The molecule has 0 saturated heterocycles. The van der Waals surface area contributed by atoms with Crippen molar-refractivity contribution in [1.82, 2.24) is 10.2 Å². The molecule has 124 valence electrons. The quantitative estimate of drug-likeness (QED) is 0.853. The van der Waals surface area contributed by atoms with Gasteiger partial charge in [0.15, 0.2) is 0 Å². The van der Waals surface area contributed by atoms with E-state index >= 15 is 0 Å². The van der Waals surface area contributed by atoms with Crippen LogP contribution in [0.4, 0.5) is 4.39 Å². The number of rotatable bonds is 7. The number of benzene rings is 1. The Kier molecular flexibility index (Phi) is 5.93. The SMILES string of the molecule is CC(Cc1ccc(F)cc1)C(=O)NCC(c1ccco1)N(C)C. The molecule has 0 aliphatic heterocycles. The van der Waals surface area contributed by atoms with Crippen molar-refractivity contribution in [2.45, 2.75) is 19.4 Å². The van der Waals surface area contributed by atoms with Gasteiger partial charge in [-0.05, 0) is 50.3 Å². The number of carbonyl (C=O) groups excluding carboxylic acids is 1. The molecule has 1 aromatic heterocycles. The first kappa shape index (κ1) is 17.2. The molecule has 0 saturated carbocycles. The fraction of sp³-hybridized carbons (Fsp3) is 0.389. The highest BCUT2D eigenvalue weighted by molar-refractivity contribution is 5.78. The van der Waals surface area contributed by atoms with Crippen molar-refractivity contribution in [3.63, 3.8) is 0 Å². The molecule has 5 heteroatoms. The Hall–Kier alpha value is -2.14. The first-order chi connectivity index (χ1) is 11.0. The molecule has 4 nitrogen and oxygen atoms in total. The van der Waals surface area contributed by atoms with Gasteiger partial charge in [0, 0.05) is 12.5 Å². The van der Waals surface area contributed by atoms with Crippen molar-refractivity contribution in [2.24, 2.45) is 5.92 Å². The smallest absolute Gasteiger partial charge is 0.223 e. The summed E-state index contributed by atoms with van der Waals surface area (Å²) in [4.78, 5) is 14.3. The maximum absolute atomic E-state index is 12.9. The van der Waals surface area contributed by atoms with Gasteiger partial charge < -0.3 is 9.73 Å². The molecule has 2 atom stereocenters. The van der Waals surface area contributed by atoms with Gasteiger partial charge >= 0.3 is 0 Å². The summed E-state index contributed by atoms with van der Waals surface area (Å²) in [5.41, 5.74) is 0.948. The average molecular weight is 318 g/mol. The second-order valence-electron chi connectivity index (χ2n) is 5.97. The minimum absolute atomic E-state index is 0.00743. The largest absolute Gasteiger partial charge is 0.468 e. The van der Waals surface area contributed by atoms with Crippen LogP contribution in [0.3, 0.4) is 0 Å². The molecule has 0 radical (unpaired) electrons. The highest BCUT2D eigenvalue weighted by Crippen LogP contribution is 2.18. The van der Waals surface area contributed by atoms with E-state index < -0.39 is 0 Å². The number of carbonyl (C=O) groups is 1. The minimum atomic E-state index is -0.266. The average Bonchev–Trinajstić information content (AvgIpc) is 3.03. The predicted octanol–water partition coefficient (Wildman–Crippen LogP) is 3.02. The molecule has 2 rings (SSSR count). The summed E-state index contributed by atoms with van der Waals surface area (Å²) in [5, 5.41) is 2.97. The van der Waals surface area contributed by atoms with Crippen molar-refractivity contribution in [3.05, 3.63) is 59.8 Å². The van der Waals surface area contributed by atoms with Crippen LogP contribution in [0.2, 0.25) is 0 Å². The van der Waals surface area contributed by atoms with Gasteiger partial charge in [0.2, 0.25) is 5.91 Å². The van der Waals surface area contributed by atoms with E-state index in [0.717, 1.165) is 11.3 Å². The molecule has 0 aliphatic rings. The Balaban J connectivity index is 1.88. The van der Waals surface area contributed by atoms with Crippen LogP contribution in [-0.2, 0) is 11.2 Å². The van der Waals surface area contributed by atoms with E-state index in [4.69, 9.17) is 4.42 Å². The number of halogens is 1. The number of hydrogen-bond donors (Lipinski definition) is 1. The summed E-state index contributed by atoms with van der Waals surface area (Å²) in [7, 11) is 3.89. The third-order valence-electron chi connectivity index (χ3n) is 3.87. The van der Waals surface area contributed by atoms with Crippen LogP contribution in [0.25, 0.3) is 0 Å². The summed E-state index contributed by atoms with van der Waals surface area (Å²) < 4.78 is 18.3. The lowest BCUT2D eigenvalue weighted by Gasteiger charge is -2.23. The molecule has 1 heterocycles. The molecular formula is C18H23FN2O2. The maximum Gasteiger partial charge on any atom is 0.223 e. The summed E-state index contributed by atoms with van der Waals surface area (Å²) in [5.74, 6) is 0.354. The first-order valence-corrected chi connectivity index (χ1v) is 7.69. The number of furan rings is 1.